The molecule has 8 nitrogen and oxygen atoms in total. The first-order chi connectivity index (χ1) is 11.6. The van der Waals surface area contributed by atoms with Gasteiger partial charge in [-0.05, 0) is 12.1 Å². The van der Waals surface area contributed by atoms with Crippen LogP contribution < -0.4 is 0 Å². The molecule has 0 N–H and O–H groups in total. The normalized spacial score (nSPS) is 19.0. The second-order valence-corrected chi connectivity index (χ2v) is 5.93. The van der Waals surface area contributed by atoms with Crippen LogP contribution in [0.25, 0.3) is 0 Å². The van der Waals surface area contributed by atoms with Crippen molar-refractivity contribution in [3.63, 3.8) is 0 Å². The summed E-state index contributed by atoms with van der Waals surface area (Å²) >= 11 is 0. The molecule has 4 heterocycles. The molecule has 4 rings (SSSR count). The second kappa shape index (κ2) is 7.00. The van der Waals surface area contributed by atoms with E-state index in [0.29, 0.717) is 39.3 Å². The van der Waals surface area contributed by atoms with E-state index in [1.165, 1.54) is 8.05 Å². The van der Waals surface area contributed by atoms with Gasteiger partial charge in [0.15, 0.2) is 0 Å². The van der Waals surface area contributed by atoms with Crippen LogP contribution in [0.1, 0.15) is 11.4 Å². The zero-order chi connectivity index (χ0) is 17.1. The van der Waals surface area contributed by atoms with Crippen molar-refractivity contribution in [1.82, 2.24) is 19.7 Å². The zero-order valence-electron chi connectivity index (χ0n) is 13.6. The van der Waals surface area contributed by atoms with Gasteiger partial charge in [-0.1, -0.05) is 6.07 Å². The third-order valence-corrected chi connectivity index (χ3v) is 4.27. The summed E-state index contributed by atoms with van der Waals surface area (Å²) in [5.41, 5.74) is 1.56. The lowest BCUT2D eigenvalue weighted by atomic mass is 10.2. The Morgan fingerprint density at radius 3 is 2.42 bits per heavy atom. The zero-order valence-corrected chi connectivity index (χ0v) is 13.6. The number of hydrogen-bond acceptors (Lipinski definition) is 6. The number of fused-ring (bicyclic) bond motifs is 5. The average molecular weight is 330 g/mol. The van der Waals surface area contributed by atoms with E-state index in [1.807, 2.05) is 23.1 Å². The molecular formula is C15H19BN4O4. The monoisotopic (exact) mass is 330 g/mol. The molecule has 1 aromatic heterocycles. The van der Waals surface area contributed by atoms with E-state index in [2.05, 4.69) is 4.98 Å². The number of carbonyl (C=O) groups excluding carboxylic acids is 3. The molecule has 0 aliphatic carbocycles. The van der Waals surface area contributed by atoms with Crippen molar-refractivity contribution in [2.75, 3.05) is 32.7 Å². The first-order valence-electron chi connectivity index (χ1n) is 7.89. The van der Waals surface area contributed by atoms with Crippen molar-refractivity contribution in [3.8, 4) is 0 Å². The molecule has 1 aromatic rings. The maximum atomic E-state index is 12.2. The minimum atomic E-state index is -0.492. The fourth-order valence-corrected chi connectivity index (χ4v) is 2.93. The maximum absolute atomic E-state index is 12.2. The molecule has 3 aliphatic heterocycles. The Kier molecular flexibility index (Phi) is 4.80. The van der Waals surface area contributed by atoms with Gasteiger partial charge in [-0.3, -0.25) is 24.3 Å². The lowest BCUT2D eigenvalue weighted by Gasteiger charge is -2.35. The van der Waals surface area contributed by atoms with Crippen LogP contribution >= 0.6 is 0 Å². The molecule has 126 valence electrons. The summed E-state index contributed by atoms with van der Waals surface area (Å²) in [7, 11) is 1.35. The van der Waals surface area contributed by atoms with E-state index in [4.69, 9.17) is 4.65 Å². The molecule has 0 atom stereocenters. The highest BCUT2D eigenvalue weighted by Crippen LogP contribution is 2.13. The largest absolute Gasteiger partial charge is 0.542 e. The van der Waals surface area contributed by atoms with Gasteiger partial charge in [0.25, 0.3) is 0 Å². The molecule has 1 fully saturated rings. The van der Waals surface area contributed by atoms with Crippen molar-refractivity contribution in [2.24, 2.45) is 0 Å². The molecule has 0 spiro atoms. The Bertz CT molecular complexity index is 669. The van der Waals surface area contributed by atoms with Gasteiger partial charge in [-0.2, -0.15) is 0 Å². The SMILES string of the molecule is BOC(=O)CN1CCN2CCN(Cc3cccc(n3)C1)C(=O)C2=O. The highest BCUT2D eigenvalue weighted by atomic mass is 16.5. The van der Waals surface area contributed by atoms with Crippen molar-refractivity contribution >= 4 is 25.8 Å². The molecule has 4 bridgehead atoms. The summed E-state index contributed by atoms with van der Waals surface area (Å²) in [6, 6.07) is 5.60. The van der Waals surface area contributed by atoms with Crippen LogP contribution in [-0.2, 0) is 32.1 Å². The van der Waals surface area contributed by atoms with Crippen molar-refractivity contribution in [1.29, 1.82) is 0 Å². The fourth-order valence-electron chi connectivity index (χ4n) is 2.93. The highest BCUT2D eigenvalue weighted by Gasteiger charge is 2.33. The van der Waals surface area contributed by atoms with Gasteiger partial charge in [0, 0.05) is 32.7 Å². The van der Waals surface area contributed by atoms with Crippen LogP contribution in [0.3, 0.4) is 0 Å². The molecule has 0 radical (unpaired) electrons. The number of nitrogens with zero attached hydrogens (tertiary/aromatic N) is 4. The smallest absolute Gasteiger partial charge is 0.326 e. The van der Waals surface area contributed by atoms with Crippen LogP contribution in [0.4, 0.5) is 0 Å². The van der Waals surface area contributed by atoms with Crippen LogP contribution in [0.5, 0.6) is 0 Å². The van der Waals surface area contributed by atoms with E-state index >= 15 is 0 Å². The summed E-state index contributed by atoms with van der Waals surface area (Å²) in [6.07, 6.45) is 0. The average Bonchev–Trinajstić information content (AvgIpc) is 2.57. The van der Waals surface area contributed by atoms with Crippen molar-refractivity contribution < 1.29 is 19.0 Å². The molecule has 0 unspecified atom stereocenters. The Labute approximate surface area is 140 Å². The van der Waals surface area contributed by atoms with Crippen LogP contribution in [0, 0.1) is 0 Å². The lowest BCUT2D eigenvalue weighted by Crippen LogP contribution is -2.55. The van der Waals surface area contributed by atoms with E-state index in [9.17, 15) is 14.4 Å². The van der Waals surface area contributed by atoms with Gasteiger partial charge in [-0.15, -0.1) is 0 Å². The number of piperazine rings is 1. The topological polar surface area (TPSA) is 83.1 Å². The summed E-state index contributed by atoms with van der Waals surface area (Å²) in [6.45, 7) is 2.78. The van der Waals surface area contributed by atoms with Crippen molar-refractivity contribution in [3.05, 3.63) is 29.6 Å². The van der Waals surface area contributed by atoms with E-state index in [0.717, 1.165) is 11.4 Å². The summed E-state index contributed by atoms with van der Waals surface area (Å²) in [5.74, 6) is -1.32. The Morgan fingerprint density at radius 2 is 1.67 bits per heavy atom. The van der Waals surface area contributed by atoms with Gasteiger partial charge < -0.3 is 14.5 Å². The molecule has 9 heteroatoms. The fraction of sp³-hybridized carbons (Fsp3) is 0.467. The summed E-state index contributed by atoms with van der Waals surface area (Å²) in [4.78, 5) is 45.6. The number of pyridine rings is 1. The van der Waals surface area contributed by atoms with Crippen LogP contribution in [0.15, 0.2) is 18.2 Å². The van der Waals surface area contributed by atoms with Gasteiger partial charge in [0.1, 0.15) is 0 Å². The predicted molar refractivity (Wildman–Crippen MR) is 86.1 cm³/mol. The molecule has 1 saturated heterocycles. The summed E-state index contributed by atoms with van der Waals surface area (Å²) < 4.78 is 4.74. The number of rotatable bonds is 2. The third-order valence-electron chi connectivity index (χ3n) is 4.27. The Balaban J connectivity index is 1.88. The Morgan fingerprint density at radius 1 is 1.04 bits per heavy atom. The molecular weight excluding hydrogens is 311 g/mol. The predicted octanol–water partition coefficient (Wildman–Crippen LogP) is -1.84. The van der Waals surface area contributed by atoms with Crippen LogP contribution in [0.2, 0.25) is 0 Å². The third kappa shape index (κ3) is 3.56. The minimum Gasteiger partial charge on any atom is -0.542 e. The maximum Gasteiger partial charge on any atom is 0.326 e. The molecule has 3 aliphatic rings. The second-order valence-electron chi connectivity index (χ2n) is 5.93. The standard InChI is InChI=1S/C15H19BN4O4/c16-24-13(21)10-18-4-5-19-6-7-20(15(23)14(19)22)9-12-3-1-2-11(8-18)17-12/h1-3H,4-10,16H2. The van der Waals surface area contributed by atoms with Crippen LogP contribution in [-0.4, -0.2) is 78.2 Å². The highest BCUT2D eigenvalue weighted by molar-refractivity contribution is 6.35. The summed E-state index contributed by atoms with van der Waals surface area (Å²) in [5, 5.41) is 0. The number of aromatic nitrogens is 1. The molecule has 24 heavy (non-hydrogen) atoms. The number of carbonyl (C=O) groups is 3. The Hall–Kier alpha value is -2.42. The van der Waals surface area contributed by atoms with E-state index in [-0.39, 0.29) is 12.5 Å². The number of amides is 2. The lowest BCUT2D eigenvalue weighted by molar-refractivity contribution is -0.156. The number of hydrogen-bond donors (Lipinski definition) is 0. The van der Waals surface area contributed by atoms with E-state index in [1.54, 1.807) is 9.80 Å². The van der Waals surface area contributed by atoms with E-state index < -0.39 is 11.8 Å². The quantitative estimate of drug-likeness (QED) is 0.468. The first-order valence-corrected chi connectivity index (χ1v) is 7.89. The molecule has 0 aromatic carbocycles. The van der Waals surface area contributed by atoms with Gasteiger partial charge in [0.2, 0.25) is 0 Å². The van der Waals surface area contributed by atoms with Crippen molar-refractivity contribution in [2.45, 2.75) is 13.1 Å². The first kappa shape index (κ1) is 16.4. The van der Waals surface area contributed by atoms with Gasteiger partial charge in [-0.25, -0.2) is 0 Å². The minimum absolute atomic E-state index is 0.116. The molecule has 0 saturated carbocycles. The molecule has 2 amide bonds. The van der Waals surface area contributed by atoms with Gasteiger partial charge >= 0.3 is 25.8 Å². The van der Waals surface area contributed by atoms with Gasteiger partial charge in [0.05, 0.1) is 24.5 Å².